The highest BCUT2D eigenvalue weighted by Gasteiger charge is 2.19. The van der Waals surface area contributed by atoms with Crippen molar-refractivity contribution in [2.75, 3.05) is 5.32 Å². The van der Waals surface area contributed by atoms with E-state index < -0.39 is 0 Å². The molecule has 0 spiro atoms. The summed E-state index contributed by atoms with van der Waals surface area (Å²) < 4.78 is 0. The summed E-state index contributed by atoms with van der Waals surface area (Å²) >= 11 is 0. The number of nitrogens with zero attached hydrogens (tertiary/aromatic N) is 1. The Hall–Kier alpha value is -1.83. The Bertz CT molecular complexity index is 454. The van der Waals surface area contributed by atoms with Crippen molar-refractivity contribution >= 4 is 5.69 Å². The highest BCUT2D eigenvalue weighted by atomic mass is 14.9. The van der Waals surface area contributed by atoms with Crippen LogP contribution in [0.2, 0.25) is 0 Å². The molecule has 1 aromatic heterocycles. The van der Waals surface area contributed by atoms with Crippen LogP contribution in [-0.4, -0.2) is 11.0 Å². The quantitative estimate of drug-likeness (QED) is 0.824. The number of nitrogens with one attached hydrogen (secondary N) is 1. The van der Waals surface area contributed by atoms with Gasteiger partial charge in [0.1, 0.15) is 0 Å². The van der Waals surface area contributed by atoms with Crippen LogP contribution in [0.15, 0.2) is 48.8 Å². The van der Waals surface area contributed by atoms with Crippen molar-refractivity contribution in [2.45, 2.75) is 18.9 Å². The highest BCUT2D eigenvalue weighted by Crippen LogP contribution is 2.26. The summed E-state index contributed by atoms with van der Waals surface area (Å²) in [6, 6.07) is 13.2. The summed E-state index contributed by atoms with van der Waals surface area (Å²) in [6.07, 6.45) is 5.93. The van der Waals surface area contributed by atoms with Gasteiger partial charge in [-0.05, 0) is 36.1 Å². The fraction of sp³-hybridized carbons (Fsp3) is 0.214. The Balaban J connectivity index is 1.73. The third-order valence-electron chi connectivity index (χ3n) is 3.05. The molecule has 0 radical (unpaired) electrons. The van der Waals surface area contributed by atoms with E-state index in [9.17, 15) is 0 Å². The lowest BCUT2D eigenvalue weighted by Crippen LogP contribution is -2.18. The zero-order valence-corrected chi connectivity index (χ0v) is 9.06. The molecule has 1 unspecified atom stereocenters. The van der Waals surface area contributed by atoms with E-state index in [0.717, 1.165) is 12.8 Å². The number of benzene rings is 1. The van der Waals surface area contributed by atoms with E-state index in [1.54, 1.807) is 0 Å². The monoisotopic (exact) mass is 210 g/mol. The third kappa shape index (κ3) is 1.78. The Kier molecular flexibility index (Phi) is 2.33. The van der Waals surface area contributed by atoms with E-state index in [1.165, 1.54) is 16.8 Å². The maximum absolute atomic E-state index is 4.15. The second-order valence-corrected chi connectivity index (χ2v) is 4.27. The molecule has 2 heterocycles. The van der Waals surface area contributed by atoms with Crippen LogP contribution in [0.1, 0.15) is 11.1 Å². The summed E-state index contributed by atoms with van der Waals surface area (Å²) in [6.45, 7) is 0. The van der Waals surface area contributed by atoms with E-state index in [1.807, 2.05) is 18.5 Å². The van der Waals surface area contributed by atoms with Crippen molar-refractivity contribution < 1.29 is 0 Å². The Morgan fingerprint density at radius 2 is 2.12 bits per heavy atom. The van der Waals surface area contributed by atoms with Crippen molar-refractivity contribution in [3.8, 4) is 0 Å². The van der Waals surface area contributed by atoms with Crippen LogP contribution >= 0.6 is 0 Å². The first-order chi connectivity index (χ1) is 7.92. The van der Waals surface area contributed by atoms with Crippen molar-refractivity contribution in [3.63, 3.8) is 0 Å². The first kappa shape index (κ1) is 9.40. The predicted molar refractivity (Wildman–Crippen MR) is 65.5 cm³/mol. The first-order valence-electron chi connectivity index (χ1n) is 5.65. The van der Waals surface area contributed by atoms with Gasteiger partial charge in [-0.1, -0.05) is 24.3 Å². The average Bonchev–Trinajstić information content (AvgIpc) is 2.72. The van der Waals surface area contributed by atoms with Crippen LogP contribution < -0.4 is 5.32 Å². The fourth-order valence-corrected chi connectivity index (χ4v) is 2.30. The molecule has 0 amide bonds. The number of aromatic nitrogens is 1. The summed E-state index contributed by atoms with van der Waals surface area (Å²) in [7, 11) is 0. The zero-order chi connectivity index (χ0) is 10.8. The van der Waals surface area contributed by atoms with Gasteiger partial charge >= 0.3 is 0 Å². The molecule has 1 aliphatic rings. The number of para-hydroxylation sites is 1. The number of hydrogen-bond acceptors (Lipinski definition) is 2. The lowest BCUT2D eigenvalue weighted by molar-refractivity contribution is 0.744. The van der Waals surface area contributed by atoms with Crippen LogP contribution in [0.25, 0.3) is 0 Å². The Morgan fingerprint density at radius 3 is 2.94 bits per heavy atom. The van der Waals surface area contributed by atoms with Crippen molar-refractivity contribution in [2.24, 2.45) is 0 Å². The molecular weight excluding hydrogens is 196 g/mol. The van der Waals surface area contributed by atoms with E-state index in [0.29, 0.717) is 6.04 Å². The van der Waals surface area contributed by atoms with Crippen LogP contribution in [-0.2, 0) is 12.8 Å². The summed E-state index contributed by atoms with van der Waals surface area (Å²) in [5, 5.41) is 3.56. The minimum Gasteiger partial charge on any atom is -0.381 e. The molecular formula is C14H14N2. The maximum atomic E-state index is 4.15. The molecule has 1 aromatic carbocycles. The first-order valence-corrected chi connectivity index (χ1v) is 5.65. The largest absolute Gasteiger partial charge is 0.381 e. The summed E-state index contributed by atoms with van der Waals surface area (Å²) in [4.78, 5) is 4.15. The molecule has 2 nitrogen and oxygen atoms in total. The van der Waals surface area contributed by atoms with Gasteiger partial charge in [0.25, 0.3) is 0 Å². The molecule has 0 fully saturated rings. The van der Waals surface area contributed by atoms with Gasteiger partial charge in [0.05, 0.1) is 0 Å². The smallest absolute Gasteiger partial charge is 0.0375 e. The van der Waals surface area contributed by atoms with Gasteiger partial charge in [-0.15, -0.1) is 0 Å². The summed E-state index contributed by atoms with van der Waals surface area (Å²) in [5.74, 6) is 0. The second kappa shape index (κ2) is 3.97. The third-order valence-corrected chi connectivity index (χ3v) is 3.05. The van der Waals surface area contributed by atoms with E-state index in [-0.39, 0.29) is 0 Å². The lowest BCUT2D eigenvalue weighted by Gasteiger charge is -2.10. The van der Waals surface area contributed by atoms with Gasteiger partial charge in [0, 0.05) is 24.1 Å². The number of rotatable bonds is 2. The number of pyridine rings is 1. The van der Waals surface area contributed by atoms with Gasteiger partial charge in [-0.2, -0.15) is 0 Å². The molecule has 2 aromatic rings. The van der Waals surface area contributed by atoms with Crippen molar-refractivity contribution in [1.29, 1.82) is 0 Å². The van der Waals surface area contributed by atoms with Gasteiger partial charge < -0.3 is 5.32 Å². The highest BCUT2D eigenvalue weighted by molar-refractivity contribution is 5.56. The maximum Gasteiger partial charge on any atom is 0.0375 e. The SMILES string of the molecule is c1cncc(CC2Cc3ccccc3N2)c1. The minimum atomic E-state index is 0.515. The summed E-state index contributed by atoms with van der Waals surface area (Å²) in [5.41, 5.74) is 4.01. The van der Waals surface area contributed by atoms with E-state index >= 15 is 0 Å². The van der Waals surface area contributed by atoms with Crippen LogP contribution in [0.3, 0.4) is 0 Å². The second-order valence-electron chi connectivity index (χ2n) is 4.27. The average molecular weight is 210 g/mol. The molecule has 2 heteroatoms. The van der Waals surface area contributed by atoms with Crippen molar-refractivity contribution in [1.82, 2.24) is 4.98 Å². The van der Waals surface area contributed by atoms with Crippen LogP contribution in [0, 0.1) is 0 Å². The van der Waals surface area contributed by atoms with Crippen LogP contribution in [0.4, 0.5) is 5.69 Å². The Labute approximate surface area is 95.3 Å². The predicted octanol–water partition coefficient (Wildman–Crippen LogP) is 2.66. The zero-order valence-electron chi connectivity index (χ0n) is 9.06. The normalized spacial score (nSPS) is 17.9. The van der Waals surface area contributed by atoms with Crippen molar-refractivity contribution in [3.05, 3.63) is 59.9 Å². The topological polar surface area (TPSA) is 24.9 Å². The van der Waals surface area contributed by atoms with E-state index in [2.05, 4.69) is 40.6 Å². The molecule has 3 rings (SSSR count). The lowest BCUT2D eigenvalue weighted by atomic mass is 10.0. The number of fused-ring (bicyclic) bond motifs is 1. The van der Waals surface area contributed by atoms with Gasteiger partial charge in [-0.3, -0.25) is 4.98 Å². The molecule has 16 heavy (non-hydrogen) atoms. The molecule has 0 saturated heterocycles. The number of anilines is 1. The Morgan fingerprint density at radius 1 is 1.19 bits per heavy atom. The van der Waals surface area contributed by atoms with Gasteiger partial charge in [0.2, 0.25) is 0 Å². The van der Waals surface area contributed by atoms with Gasteiger partial charge in [0.15, 0.2) is 0 Å². The van der Waals surface area contributed by atoms with Gasteiger partial charge in [-0.25, -0.2) is 0 Å². The molecule has 1 N–H and O–H groups in total. The number of hydrogen-bond donors (Lipinski definition) is 1. The minimum absolute atomic E-state index is 0.515. The standard InChI is InChI=1S/C14H14N2/c1-2-6-14-12(5-1)9-13(16-14)8-11-4-3-7-15-10-11/h1-7,10,13,16H,8-9H2. The molecule has 0 bridgehead atoms. The van der Waals surface area contributed by atoms with E-state index in [4.69, 9.17) is 0 Å². The molecule has 0 aliphatic carbocycles. The molecule has 1 atom stereocenters. The van der Waals surface area contributed by atoms with Crippen LogP contribution in [0.5, 0.6) is 0 Å². The molecule has 1 aliphatic heterocycles. The molecule has 0 saturated carbocycles. The fourth-order valence-electron chi connectivity index (χ4n) is 2.30. The molecule has 80 valence electrons.